The zero-order chi connectivity index (χ0) is 21.6. The summed E-state index contributed by atoms with van der Waals surface area (Å²) in [5.41, 5.74) is 3.16. The lowest BCUT2D eigenvalue weighted by Crippen LogP contribution is -2.42. The van der Waals surface area contributed by atoms with E-state index in [1.54, 1.807) is 18.3 Å². The highest BCUT2D eigenvalue weighted by Crippen LogP contribution is 2.22. The molecule has 1 fully saturated rings. The molecule has 1 unspecified atom stereocenters. The number of pyridine rings is 2. The molecular weight excluding hydrogens is 397 g/mol. The molecule has 8 heteroatoms. The van der Waals surface area contributed by atoms with Crippen molar-refractivity contribution in [1.82, 2.24) is 14.9 Å². The lowest BCUT2D eigenvalue weighted by Gasteiger charge is -2.32. The Hall–Kier alpha value is -3.36. The van der Waals surface area contributed by atoms with Crippen molar-refractivity contribution in [3.05, 3.63) is 78.0 Å². The lowest BCUT2D eigenvalue weighted by atomic mass is 10.2. The van der Waals surface area contributed by atoms with E-state index >= 15 is 0 Å². The molecule has 1 aliphatic rings. The lowest BCUT2D eigenvalue weighted by molar-refractivity contribution is -0.119. The van der Waals surface area contributed by atoms with Gasteiger partial charge in [-0.25, -0.2) is 9.37 Å². The number of rotatable bonds is 6. The first-order valence-electron chi connectivity index (χ1n) is 10.1. The average Bonchev–Trinajstić information content (AvgIpc) is 2.76. The van der Waals surface area contributed by atoms with Crippen LogP contribution < -0.4 is 10.6 Å². The van der Waals surface area contributed by atoms with Crippen molar-refractivity contribution in [2.75, 3.05) is 36.9 Å². The molecule has 31 heavy (non-hydrogen) atoms. The van der Waals surface area contributed by atoms with Gasteiger partial charge in [-0.1, -0.05) is 6.07 Å². The van der Waals surface area contributed by atoms with E-state index in [1.807, 2.05) is 42.2 Å². The third-order valence-corrected chi connectivity index (χ3v) is 4.92. The number of amides is 1. The Morgan fingerprint density at radius 2 is 1.97 bits per heavy atom. The Bertz CT molecular complexity index is 1030. The maximum atomic E-state index is 13.0. The summed E-state index contributed by atoms with van der Waals surface area (Å²) in [5.74, 6) is 0.283. The van der Waals surface area contributed by atoms with E-state index < -0.39 is 0 Å². The van der Waals surface area contributed by atoms with Gasteiger partial charge in [0.2, 0.25) is 5.91 Å². The molecule has 0 spiro atoms. The standard InChI is InChI=1S/C23H24FN5O2/c1-16-3-2-4-22(26-16)27-19-9-10-20(25-13-19)21-14-29(11-12-31-21)15-23(30)28-18-7-5-17(24)6-8-18/h2-10,13,21H,11-12,14-15H2,1H3,(H,26,27)(H,28,30). The summed E-state index contributed by atoms with van der Waals surface area (Å²) in [6.07, 6.45) is 1.54. The van der Waals surface area contributed by atoms with Gasteiger partial charge < -0.3 is 15.4 Å². The van der Waals surface area contributed by atoms with E-state index in [9.17, 15) is 9.18 Å². The number of morpholine rings is 1. The quantitative estimate of drug-likeness (QED) is 0.632. The fourth-order valence-electron chi connectivity index (χ4n) is 3.39. The van der Waals surface area contributed by atoms with Gasteiger partial charge in [-0.2, -0.15) is 0 Å². The van der Waals surface area contributed by atoms with Gasteiger partial charge >= 0.3 is 0 Å². The molecule has 0 aliphatic carbocycles. The summed E-state index contributed by atoms with van der Waals surface area (Å²) in [4.78, 5) is 23.3. The van der Waals surface area contributed by atoms with Crippen LogP contribution in [0.2, 0.25) is 0 Å². The molecule has 2 aromatic heterocycles. The van der Waals surface area contributed by atoms with Crippen molar-refractivity contribution >= 4 is 23.1 Å². The maximum absolute atomic E-state index is 13.0. The normalized spacial score (nSPS) is 16.6. The Balaban J connectivity index is 1.32. The minimum absolute atomic E-state index is 0.148. The molecule has 160 valence electrons. The van der Waals surface area contributed by atoms with Crippen molar-refractivity contribution in [2.45, 2.75) is 13.0 Å². The number of aryl methyl sites for hydroxylation is 1. The molecule has 1 aliphatic heterocycles. The van der Waals surface area contributed by atoms with Crippen LogP contribution in [0.4, 0.5) is 21.6 Å². The van der Waals surface area contributed by atoms with Crippen LogP contribution in [0.15, 0.2) is 60.8 Å². The maximum Gasteiger partial charge on any atom is 0.238 e. The highest BCUT2D eigenvalue weighted by atomic mass is 19.1. The Morgan fingerprint density at radius 1 is 1.16 bits per heavy atom. The molecule has 4 rings (SSSR count). The van der Waals surface area contributed by atoms with Crippen molar-refractivity contribution in [1.29, 1.82) is 0 Å². The number of nitrogens with one attached hydrogen (secondary N) is 2. The first-order valence-corrected chi connectivity index (χ1v) is 10.1. The smallest absolute Gasteiger partial charge is 0.238 e. The number of carbonyl (C=O) groups excluding carboxylic acids is 1. The zero-order valence-corrected chi connectivity index (χ0v) is 17.2. The van der Waals surface area contributed by atoms with Gasteiger partial charge in [0.15, 0.2) is 0 Å². The van der Waals surface area contributed by atoms with Gasteiger partial charge in [0, 0.05) is 24.5 Å². The van der Waals surface area contributed by atoms with Crippen LogP contribution in [0.3, 0.4) is 0 Å². The Morgan fingerprint density at radius 3 is 2.71 bits per heavy atom. The van der Waals surface area contributed by atoms with Crippen molar-refractivity contribution in [3.63, 3.8) is 0 Å². The van der Waals surface area contributed by atoms with Gasteiger partial charge in [-0.05, 0) is 55.5 Å². The van der Waals surface area contributed by atoms with Crippen molar-refractivity contribution in [3.8, 4) is 0 Å². The fourth-order valence-corrected chi connectivity index (χ4v) is 3.39. The topological polar surface area (TPSA) is 79.4 Å². The number of hydrogen-bond acceptors (Lipinski definition) is 6. The first kappa shape index (κ1) is 20.9. The second-order valence-corrected chi connectivity index (χ2v) is 7.41. The summed E-state index contributed by atoms with van der Waals surface area (Å²) in [6, 6.07) is 15.4. The SMILES string of the molecule is Cc1cccc(Nc2ccc(C3CN(CC(=O)Nc4ccc(F)cc4)CCO3)nc2)n1. The highest BCUT2D eigenvalue weighted by Gasteiger charge is 2.24. The van der Waals surface area contributed by atoms with Crippen LogP contribution in [-0.4, -0.2) is 47.0 Å². The molecule has 1 saturated heterocycles. The second kappa shape index (κ2) is 9.63. The van der Waals surface area contributed by atoms with E-state index in [0.29, 0.717) is 25.4 Å². The second-order valence-electron chi connectivity index (χ2n) is 7.41. The van der Waals surface area contributed by atoms with Gasteiger partial charge in [0.05, 0.1) is 30.7 Å². The molecular formula is C23H24FN5O2. The third kappa shape index (κ3) is 5.84. The van der Waals surface area contributed by atoms with Crippen molar-refractivity contribution < 1.29 is 13.9 Å². The summed E-state index contributed by atoms with van der Waals surface area (Å²) in [6.45, 7) is 3.92. The van der Waals surface area contributed by atoms with Crippen LogP contribution >= 0.6 is 0 Å². The summed E-state index contributed by atoms with van der Waals surface area (Å²) in [5, 5.41) is 6.02. The number of hydrogen-bond donors (Lipinski definition) is 2. The molecule has 0 saturated carbocycles. The third-order valence-electron chi connectivity index (χ3n) is 4.92. The summed E-state index contributed by atoms with van der Waals surface area (Å²) < 4.78 is 18.9. The molecule has 7 nitrogen and oxygen atoms in total. The number of anilines is 3. The number of nitrogens with zero attached hydrogens (tertiary/aromatic N) is 3. The minimum atomic E-state index is -0.335. The molecule has 1 aromatic carbocycles. The van der Waals surface area contributed by atoms with Gasteiger partial charge in [0.25, 0.3) is 0 Å². The van der Waals surface area contributed by atoms with Crippen molar-refractivity contribution in [2.24, 2.45) is 0 Å². The Labute approximate surface area is 180 Å². The predicted molar refractivity (Wildman–Crippen MR) is 117 cm³/mol. The predicted octanol–water partition coefficient (Wildman–Crippen LogP) is 3.68. The summed E-state index contributed by atoms with van der Waals surface area (Å²) >= 11 is 0. The molecule has 0 bridgehead atoms. The molecule has 1 atom stereocenters. The van der Waals surface area contributed by atoms with E-state index in [1.165, 1.54) is 12.1 Å². The molecule has 1 amide bonds. The zero-order valence-electron chi connectivity index (χ0n) is 17.2. The summed E-state index contributed by atoms with van der Waals surface area (Å²) in [7, 11) is 0. The number of benzene rings is 1. The first-order chi connectivity index (χ1) is 15.0. The minimum Gasteiger partial charge on any atom is -0.369 e. The van der Waals surface area contributed by atoms with Crippen LogP contribution in [0, 0.1) is 12.7 Å². The van der Waals surface area contributed by atoms with Gasteiger partial charge in [-0.3, -0.25) is 14.7 Å². The molecule has 3 heterocycles. The van der Waals surface area contributed by atoms with E-state index in [0.717, 1.165) is 22.9 Å². The number of aromatic nitrogens is 2. The van der Waals surface area contributed by atoms with Crippen LogP contribution in [0.1, 0.15) is 17.5 Å². The van der Waals surface area contributed by atoms with E-state index in [4.69, 9.17) is 4.74 Å². The van der Waals surface area contributed by atoms with E-state index in [2.05, 4.69) is 20.6 Å². The van der Waals surface area contributed by atoms with Gasteiger partial charge in [0.1, 0.15) is 17.7 Å². The van der Waals surface area contributed by atoms with Crippen LogP contribution in [-0.2, 0) is 9.53 Å². The molecule has 0 radical (unpaired) electrons. The Kier molecular flexibility index (Phi) is 6.49. The number of ether oxygens (including phenoxy) is 1. The molecule has 3 aromatic rings. The van der Waals surface area contributed by atoms with Crippen LogP contribution in [0.25, 0.3) is 0 Å². The monoisotopic (exact) mass is 421 g/mol. The van der Waals surface area contributed by atoms with Crippen LogP contribution in [0.5, 0.6) is 0 Å². The number of carbonyl (C=O) groups is 1. The number of halogens is 1. The largest absolute Gasteiger partial charge is 0.369 e. The van der Waals surface area contributed by atoms with Gasteiger partial charge in [-0.15, -0.1) is 0 Å². The molecule has 2 N–H and O–H groups in total. The highest BCUT2D eigenvalue weighted by molar-refractivity contribution is 5.92. The van der Waals surface area contributed by atoms with E-state index in [-0.39, 0.29) is 24.4 Å². The average molecular weight is 421 g/mol. The fraction of sp³-hybridized carbons (Fsp3) is 0.261.